The number of hydrogen-bond acceptors (Lipinski definition) is 5. The van der Waals surface area contributed by atoms with E-state index < -0.39 is 23.8 Å². The van der Waals surface area contributed by atoms with Crippen LogP contribution in [0.4, 0.5) is 10.1 Å². The highest BCUT2D eigenvalue weighted by Gasteiger charge is 2.49. The summed E-state index contributed by atoms with van der Waals surface area (Å²) in [5.74, 6) is -2.43. The van der Waals surface area contributed by atoms with Crippen LogP contribution in [0.25, 0.3) is 0 Å². The molecule has 6 nitrogen and oxygen atoms in total. The number of nitrogens with zero attached hydrogens (tertiary/aromatic N) is 2. The van der Waals surface area contributed by atoms with Crippen LogP contribution in [0, 0.1) is 17.7 Å². The van der Waals surface area contributed by atoms with Crippen LogP contribution in [0.15, 0.2) is 18.2 Å². The number of ether oxygens (including phenoxy) is 2. The summed E-state index contributed by atoms with van der Waals surface area (Å²) < 4.78 is 25.4. The number of halogens is 2. The van der Waals surface area contributed by atoms with E-state index in [0.717, 1.165) is 0 Å². The van der Waals surface area contributed by atoms with E-state index in [1.165, 1.54) is 6.07 Å². The van der Waals surface area contributed by atoms with Crippen molar-refractivity contribution in [1.29, 1.82) is 0 Å². The van der Waals surface area contributed by atoms with Gasteiger partial charge in [0, 0.05) is 44.5 Å². The van der Waals surface area contributed by atoms with Crippen LogP contribution in [-0.2, 0) is 19.1 Å². The smallest absolute Gasteiger partial charge is 0.338 e. The number of hydrogen-bond donors (Lipinski definition) is 0. The highest BCUT2D eigenvalue weighted by Crippen LogP contribution is 2.33. The normalized spacial score (nSPS) is 24.9. The van der Waals surface area contributed by atoms with Crippen molar-refractivity contribution < 1.29 is 23.5 Å². The average Bonchev–Trinajstić information content (AvgIpc) is 2.91. The molecule has 30 heavy (non-hydrogen) atoms. The molecule has 0 unspecified atom stereocenters. The third-order valence-electron chi connectivity index (χ3n) is 5.56. The lowest BCUT2D eigenvalue weighted by Crippen LogP contribution is -2.57. The lowest BCUT2D eigenvalue weighted by Gasteiger charge is -2.42. The average molecular weight is 441 g/mol. The van der Waals surface area contributed by atoms with Crippen LogP contribution < -0.4 is 4.90 Å². The molecule has 2 aliphatic heterocycles. The van der Waals surface area contributed by atoms with E-state index in [1.807, 2.05) is 25.7 Å². The topological polar surface area (TPSA) is 59.1 Å². The predicted octanol–water partition coefficient (Wildman–Crippen LogP) is 3.86. The van der Waals surface area contributed by atoms with E-state index in [9.17, 15) is 14.0 Å². The van der Waals surface area contributed by atoms with Crippen LogP contribution in [0.5, 0.6) is 0 Å². The molecule has 0 bridgehead atoms. The Morgan fingerprint density at radius 3 is 2.57 bits per heavy atom. The zero-order valence-corrected chi connectivity index (χ0v) is 18.9. The van der Waals surface area contributed by atoms with Crippen molar-refractivity contribution in [3.8, 4) is 0 Å². The predicted molar refractivity (Wildman–Crippen MR) is 113 cm³/mol. The maximum atomic E-state index is 14.3. The molecule has 3 atom stereocenters. The Bertz CT molecular complexity index is 816. The molecule has 1 aromatic rings. The molecule has 8 heteroatoms. The number of piperazine rings is 1. The second kappa shape index (κ2) is 8.71. The number of benzene rings is 1. The Balaban J connectivity index is 1.75. The lowest BCUT2D eigenvalue weighted by molar-refractivity contribution is -0.163. The number of rotatable bonds is 5. The molecule has 2 saturated heterocycles. The minimum atomic E-state index is -1.03. The number of carbonyl (C=O) groups excluding carboxylic acids is 2. The van der Waals surface area contributed by atoms with Gasteiger partial charge in [0.05, 0.1) is 11.6 Å². The van der Waals surface area contributed by atoms with Crippen molar-refractivity contribution in [1.82, 2.24) is 4.90 Å². The van der Waals surface area contributed by atoms with Gasteiger partial charge in [0.2, 0.25) is 11.7 Å². The Kier molecular flexibility index (Phi) is 6.63. The van der Waals surface area contributed by atoms with Crippen LogP contribution in [0.1, 0.15) is 41.0 Å². The van der Waals surface area contributed by atoms with Gasteiger partial charge in [-0.05, 0) is 37.5 Å². The van der Waals surface area contributed by atoms with E-state index in [4.69, 9.17) is 21.1 Å². The van der Waals surface area contributed by atoms with E-state index in [1.54, 1.807) is 30.9 Å². The number of cyclic esters (lactones) is 1. The van der Waals surface area contributed by atoms with Crippen molar-refractivity contribution >= 4 is 29.2 Å². The summed E-state index contributed by atoms with van der Waals surface area (Å²) in [5, 5.41) is 0.348. The van der Waals surface area contributed by atoms with Gasteiger partial charge < -0.3 is 19.3 Å². The largest absolute Gasteiger partial charge is 0.432 e. The first-order valence-corrected chi connectivity index (χ1v) is 10.8. The first-order valence-electron chi connectivity index (χ1n) is 10.4. The van der Waals surface area contributed by atoms with E-state index in [2.05, 4.69) is 0 Å². The molecule has 2 fully saturated rings. The van der Waals surface area contributed by atoms with E-state index >= 15 is 0 Å². The molecule has 166 valence electrons. The zero-order chi connectivity index (χ0) is 22.2. The van der Waals surface area contributed by atoms with Gasteiger partial charge >= 0.3 is 5.97 Å². The fourth-order valence-electron chi connectivity index (χ4n) is 4.24. The second-order valence-electron chi connectivity index (χ2n) is 9.02. The first-order chi connectivity index (χ1) is 14.0. The maximum Gasteiger partial charge on any atom is 0.338 e. The lowest BCUT2D eigenvalue weighted by atomic mass is 9.90. The van der Waals surface area contributed by atoms with Gasteiger partial charge in [0.1, 0.15) is 5.82 Å². The fraction of sp³-hybridized carbons (Fsp3) is 0.636. The summed E-state index contributed by atoms with van der Waals surface area (Å²) in [5.41, 5.74) is 0.474. The second-order valence-corrected chi connectivity index (χ2v) is 9.45. The molecule has 1 amide bonds. The Hall–Kier alpha value is -1.86. The zero-order valence-electron chi connectivity index (χ0n) is 18.2. The standard InChI is InChI=1S/C22H30ClFN2O4/c1-13(2)10-16(19-21(28)30-22(4,5)29-19)20(27)26-9-8-25(12-14(26)3)18-7-6-15(23)11-17(18)24/h6-7,11,13-14,16,19H,8-10,12H2,1-5H3/t14-,16+,19+/m1/s1. The monoisotopic (exact) mass is 440 g/mol. The summed E-state index contributed by atoms with van der Waals surface area (Å²) in [7, 11) is 0. The molecule has 0 aromatic heterocycles. The summed E-state index contributed by atoms with van der Waals surface area (Å²) in [6, 6.07) is 4.46. The van der Waals surface area contributed by atoms with E-state index in [-0.39, 0.29) is 23.7 Å². The molecule has 0 radical (unpaired) electrons. The number of carbonyl (C=O) groups is 2. The molecule has 0 N–H and O–H groups in total. The third-order valence-corrected chi connectivity index (χ3v) is 5.79. The van der Waals surface area contributed by atoms with Gasteiger partial charge in [-0.15, -0.1) is 0 Å². The summed E-state index contributed by atoms with van der Waals surface area (Å²) >= 11 is 5.86. The molecule has 0 aliphatic carbocycles. The summed E-state index contributed by atoms with van der Waals surface area (Å²) in [4.78, 5) is 29.6. The Labute approximate surface area is 182 Å². The molecule has 3 rings (SSSR count). The summed E-state index contributed by atoms with van der Waals surface area (Å²) in [6.45, 7) is 10.7. The van der Waals surface area contributed by atoms with Gasteiger partial charge in [-0.1, -0.05) is 25.4 Å². The highest BCUT2D eigenvalue weighted by molar-refractivity contribution is 6.30. The molecular weight excluding hydrogens is 411 g/mol. The Morgan fingerprint density at radius 2 is 2.03 bits per heavy atom. The van der Waals surface area contributed by atoms with Crippen molar-refractivity contribution in [2.24, 2.45) is 11.8 Å². The molecule has 1 aromatic carbocycles. The quantitative estimate of drug-likeness (QED) is 0.651. The van der Waals surface area contributed by atoms with E-state index in [0.29, 0.717) is 36.8 Å². The first kappa shape index (κ1) is 22.8. The van der Waals surface area contributed by atoms with Crippen LogP contribution in [0.2, 0.25) is 5.02 Å². The van der Waals surface area contributed by atoms with Gasteiger partial charge in [-0.2, -0.15) is 0 Å². The molecular formula is C22H30ClFN2O4. The molecule has 0 saturated carbocycles. The molecule has 2 heterocycles. The Morgan fingerprint density at radius 1 is 1.33 bits per heavy atom. The molecule has 0 spiro atoms. The minimum Gasteiger partial charge on any atom is -0.432 e. The van der Waals surface area contributed by atoms with Crippen molar-refractivity contribution in [2.75, 3.05) is 24.5 Å². The number of amides is 1. The number of anilines is 1. The van der Waals surface area contributed by atoms with Crippen LogP contribution in [0.3, 0.4) is 0 Å². The van der Waals surface area contributed by atoms with Crippen molar-refractivity contribution in [3.05, 3.63) is 29.0 Å². The third kappa shape index (κ3) is 4.89. The minimum absolute atomic E-state index is 0.118. The van der Waals surface area contributed by atoms with Gasteiger partial charge in [0.25, 0.3) is 0 Å². The van der Waals surface area contributed by atoms with Gasteiger partial charge in [-0.3, -0.25) is 4.79 Å². The van der Waals surface area contributed by atoms with Crippen LogP contribution >= 0.6 is 11.6 Å². The number of esters is 1. The highest BCUT2D eigenvalue weighted by atomic mass is 35.5. The fourth-order valence-corrected chi connectivity index (χ4v) is 4.40. The molecule has 2 aliphatic rings. The van der Waals surface area contributed by atoms with Crippen LogP contribution in [-0.4, -0.2) is 54.3 Å². The van der Waals surface area contributed by atoms with Crippen molar-refractivity contribution in [2.45, 2.75) is 59.0 Å². The van der Waals surface area contributed by atoms with Gasteiger partial charge in [0.15, 0.2) is 6.10 Å². The maximum absolute atomic E-state index is 14.3. The van der Waals surface area contributed by atoms with Gasteiger partial charge in [-0.25, -0.2) is 9.18 Å². The summed E-state index contributed by atoms with van der Waals surface area (Å²) in [6.07, 6.45) is -0.387. The van der Waals surface area contributed by atoms with Crippen molar-refractivity contribution in [3.63, 3.8) is 0 Å². The SMILES string of the molecule is CC(C)C[C@H](C(=O)N1CCN(c2ccc(Cl)cc2F)C[C@H]1C)[C@@H]1OC(C)(C)OC1=O.